The Bertz CT molecular complexity index is 841. The summed E-state index contributed by atoms with van der Waals surface area (Å²) in [6.45, 7) is 0. The Kier molecular flexibility index (Phi) is 6.21. The van der Waals surface area contributed by atoms with Gasteiger partial charge in [-0.25, -0.2) is 4.79 Å². The van der Waals surface area contributed by atoms with Crippen LogP contribution >= 0.6 is 0 Å². The molecule has 0 aliphatic heterocycles. The lowest BCUT2D eigenvalue weighted by atomic mass is 10.1. The highest BCUT2D eigenvalue weighted by atomic mass is 16.5. The van der Waals surface area contributed by atoms with Crippen LogP contribution in [-0.2, 0) is 14.3 Å². The van der Waals surface area contributed by atoms with E-state index in [2.05, 4.69) is 10.1 Å². The number of Topliss-reactive ketones (excluding diaryl/α,β-unsaturated/α-hetero) is 2. The second-order valence-corrected chi connectivity index (χ2v) is 5.24. The Labute approximate surface area is 149 Å². The first kappa shape index (κ1) is 18.9. The smallest absolute Gasteiger partial charge is 0.339 e. The normalized spacial score (nSPS) is 9.92. The van der Waals surface area contributed by atoms with Gasteiger partial charge in [-0.1, -0.05) is 12.1 Å². The van der Waals surface area contributed by atoms with Crippen LogP contribution in [0.5, 0.6) is 5.75 Å². The van der Waals surface area contributed by atoms with Gasteiger partial charge in [0.05, 0.1) is 31.9 Å². The largest absolute Gasteiger partial charge is 0.497 e. The first-order valence-corrected chi connectivity index (χ1v) is 7.65. The van der Waals surface area contributed by atoms with Gasteiger partial charge in [-0.2, -0.15) is 0 Å². The van der Waals surface area contributed by atoms with Crippen molar-refractivity contribution in [3.8, 4) is 5.75 Å². The molecule has 0 atom stereocenters. The number of nitrogens with one attached hydrogen (secondary N) is 1. The van der Waals surface area contributed by atoms with E-state index < -0.39 is 29.9 Å². The van der Waals surface area contributed by atoms with Gasteiger partial charge in [0.25, 0.3) is 5.91 Å². The summed E-state index contributed by atoms with van der Waals surface area (Å²) in [6.07, 6.45) is -0.585. The van der Waals surface area contributed by atoms with E-state index in [0.717, 1.165) is 0 Å². The van der Waals surface area contributed by atoms with Crippen molar-refractivity contribution in [2.24, 2.45) is 0 Å². The molecule has 0 unspecified atom stereocenters. The zero-order valence-corrected chi connectivity index (χ0v) is 14.3. The van der Waals surface area contributed by atoms with Crippen LogP contribution in [0, 0.1) is 0 Å². The summed E-state index contributed by atoms with van der Waals surface area (Å²) in [5.74, 6) is -2.46. The van der Waals surface area contributed by atoms with E-state index in [-0.39, 0.29) is 11.3 Å². The SMILES string of the molecule is COC(=O)c1ccccc1NC(=O)C(=O)CC(=O)c1ccc(OC)cc1. The van der Waals surface area contributed by atoms with Crippen molar-refractivity contribution in [3.05, 3.63) is 59.7 Å². The van der Waals surface area contributed by atoms with Crippen molar-refractivity contribution in [3.63, 3.8) is 0 Å². The number of ether oxygens (including phenoxy) is 2. The molecule has 2 rings (SSSR count). The fourth-order valence-electron chi connectivity index (χ4n) is 2.18. The standard InChI is InChI=1S/C19H17NO6/c1-25-13-9-7-12(8-10-13)16(21)11-17(22)18(23)20-15-6-4-3-5-14(15)19(24)26-2/h3-10H,11H2,1-2H3,(H,20,23). The highest BCUT2D eigenvalue weighted by molar-refractivity contribution is 6.44. The number of para-hydroxylation sites is 1. The first-order valence-electron chi connectivity index (χ1n) is 7.65. The number of hydrogen-bond acceptors (Lipinski definition) is 6. The molecule has 0 spiro atoms. The second-order valence-electron chi connectivity index (χ2n) is 5.24. The van der Waals surface area contributed by atoms with E-state index in [1.807, 2.05) is 0 Å². The van der Waals surface area contributed by atoms with Crippen LogP contribution in [0.2, 0.25) is 0 Å². The van der Waals surface area contributed by atoms with Crippen LogP contribution in [0.1, 0.15) is 27.1 Å². The fourth-order valence-corrected chi connectivity index (χ4v) is 2.18. The van der Waals surface area contributed by atoms with Crippen LogP contribution in [0.15, 0.2) is 48.5 Å². The van der Waals surface area contributed by atoms with Gasteiger partial charge in [-0.05, 0) is 36.4 Å². The van der Waals surface area contributed by atoms with E-state index in [0.29, 0.717) is 11.3 Å². The molecular weight excluding hydrogens is 338 g/mol. The maximum absolute atomic E-state index is 12.1. The maximum atomic E-state index is 12.1. The van der Waals surface area contributed by atoms with E-state index in [1.165, 1.54) is 38.5 Å². The Hall–Kier alpha value is -3.48. The average Bonchev–Trinajstić information content (AvgIpc) is 2.67. The molecule has 0 fully saturated rings. The Morgan fingerprint density at radius 1 is 0.923 bits per heavy atom. The summed E-state index contributed by atoms with van der Waals surface area (Å²) in [4.78, 5) is 47.9. The topological polar surface area (TPSA) is 98.8 Å². The molecule has 0 aromatic heterocycles. The van der Waals surface area contributed by atoms with Crippen LogP contribution in [0.3, 0.4) is 0 Å². The van der Waals surface area contributed by atoms with E-state index in [9.17, 15) is 19.2 Å². The zero-order chi connectivity index (χ0) is 19.1. The third kappa shape index (κ3) is 4.54. The minimum Gasteiger partial charge on any atom is -0.497 e. The molecule has 7 nitrogen and oxygen atoms in total. The van der Waals surface area contributed by atoms with Crippen molar-refractivity contribution in [2.75, 3.05) is 19.5 Å². The molecule has 2 aromatic carbocycles. The number of methoxy groups -OCH3 is 2. The summed E-state index contributed by atoms with van der Waals surface area (Å²) in [7, 11) is 2.70. The molecule has 26 heavy (non-hydrogen) atoms. The van der Waals surface area contributed by atoms with Crippen LogP contribution < -0.4 is 10.1 Å². The molecule has 0 radical (unpaired) electrons. The van der Waals surface area contributed by atoms with Crippen molar-refractivity contribution >= 4 is 29.1 Å². The maximum Gasteiger partial charge on any atom is 0.339 e. The van der Waals surface area contributed by atoms with Gasteiger partial charge in [0.15, 0.2) is 5.78 Å². The number of esters is 1. The fraction of sp³-hybridized carbons (Fsp3) is 0.158. The van der Waals surface area contributed by atoms with Crippen molar-refractivity contribution in [1.82, 2.24) is 0 Å². The molecular formula is C19H17NO6. The number of carbonyl (C=O) groups is 4. The van der Waals surface area contributed by atoms with Crippen molar-refractivity contribution in [1.29, 1.82) is 0 Å². The molecule has 134 valence electrons. The monoisotopic (exact) mass is 355 g/mol. The quantitative estimate of drug-likeness (QED) is 0.354. The molecule has 0 saturated heterocycles. The van der Waals surface area contributed by atoms with Gasteiger partial charge >= 0.3 is 5.97 Å². The van der Waals surface area contributed by atoms with Gasteiger partial charge < -0.3 is 14.8 Å². The lowest BCUT2D eigenvalue weighted by Gasteiger charge is -2.09. The summed E-state index contributed by atoms with van der Waals surface area (Å²) in [5, 5.41) is 2.34. The van der Waals surface area contributed by atoms with Gasteiger partial charge in [0.2, 0.25) is 5.78 Å². The molecule has 0 saturated carbocycles. The van der Waals surface area contributed by atoms with Crippen LogP contribution in [-0.4, -0.2) is 37.7 Å². The molecule has 2 aromatic rings. The van der Waals surface area contributed by atoms with E-state index >= 15 is 0 Å². The van der Waals surface area contributed by atoms with Gasteiger partial charge in [0.1, 0.15) is 5.75 Å². The Balaban J connectivity index is 2.05. The van der Waals surface area contributed by atoms with E-state index in [4.69, 9.17) is 4.74 Å². The minimum atomic E-state index is -0.983. The number of benzene rings is 2. The highest BCUT2D eigenvalue weighted by Gasteiger charge is 2.21. The van der Waals surface area contributed by atoms with E-state index in [1.54, 1.807) is 24.3 Å². The second kappa shape index (κ2) is 8.57. The van der Waals surface area contributed by atoms with Gasteiger partial charge in [0, 0.05) is 5.56 Å². The minimum absolute atomic E-state index is 0.109. The third-order valence-corrected chi connectivity index (χ3v) is 3.57. The predicted octanol–water partition coefficient (Wildman–Crippen LogP) is 2.26. The molecule has 7 heteroatoms. The summed E-state index contributed by atoms with van der Waals surface area (Å²) in [6, 6.07) is 12.3. The van der Waals surface area contributed by atoms with Gasteiger partial charge in [-0.15, -0.1) is 0 Å². The van der Waals surface area contributed by atoms with Crippen molar-refractivity contribution in [2.45, 2.75) is 6.42 Å². The highest BCUT2D eigenvalue weighted by Crippen LogP contribution is 2.17. The number of carbonyl (C=O) groups excluding carboxylic acids is 4. The number of amides is 1. The molecule has 0 bridgehead atoms. The molecule has 0 heterocycles. The number of ketones is 2. The Morgan fingerprint density at radius 3 is 2.19 bits per heavy atom. The number of rotatable bonds is 7. The zero-order valence-electron chi connectivity index (χ0n) is 14.3. The molecule has 1 amide bonds. The van der Waals surface area contributed by atoms with Gasteiger partial charge in [-0.3, -0.25) is 14.4 Å². The number of hydrogen-bond donors (Lipinski definition) is 1. The summed E-state index contributed by atoms with van der Waals surface area (Å²) in [5.41, 5.74) is 0.536. The van der Waals surface area contributed by atoms with Crippen LogP contribution in [0.25, 0.3) is 0 Å². The molecule has 0 aliphatic rings. The molecule has 1 N–H and O–H groups in total. The summed E-state index contributed by atoms with van der Waals surface area (Å²) < 4.78 is 9.61. The number of anilines is 1. The third-order valence-electron chi connectivity index (χ3n) is 3.57. The summed E-state index contributed by atoms with van der Waals surface area (Å²) >= 11 is 0. The lowest BCUT2D eigenvalue weighted by molar-refractivity contribution is -0.134. The van der Waals surface area contributed by atoms with Crippen LogP contribution in [0.4, 0.5) is 5.69 Å². The Morgan fingerprint density at radius 2 is 1.58 bits per heavy atom. The molecule has 0 aliphatic carbocycles. The lowest BCUT2D eigenvalue weighted by Crippen LogP contribution is -2.26. The predicted molar refractivity (Wildman–Crippen MR) is 93.4 cm³/mol. The van der Waals surface area contributed by atoms with Crippen molar-refractivity contribution < 1.29 is 28.7 Å². The first-order chi connectivity index (χ1) is 12.5. The average molecular weight is 355 g/mol.